The van der Waals surface area contributed by atoms with Gasteiger partial charge in [-0.05, 0) is 60.2 Å². The number of carboxylic acids is 1. The van der Waals surface area contributed by atoms with Crippen LogP contribution in [0.1, 0.15) is 34.6 Å². The van der Waals surface area contributed by atoms with E-state index < -0.39 is 5.97 Å². The number of amides is 1. The van der Waals surface area contributed by atoms with Crippen molar-refractivity contribution in [3.63, 3.8) is 0 Å². The largest absolute Gasteiger partial charge is 0.481 e. The van der Waals surface area contributed by atoms with Gasteiger partial charge in [-0.25, -0.2) is 0 Å². The summed E-state index contributed by atoms with van der Waals surface area (Å²) in [5, 5.41) is 13.2. The van der Waals surface area contributed by atoms with Crippen LogP contribution in [0.5, 0.6) is 0 Å². The van der Waals surface area contributed by atoms with Gasteiger partial charge < -0.3 is 20.1 Å². The van der Waals surface area contributed by atoms with Crippen LogP contribution in [0.15, 0.2) is 66.7 Å². The number of carbonyl (C=O) groups excluding carboxylic acids is 1. The minimum absolute atomic E-state index is 0.0343. The molecule has 7 heteroatoms. The van der Waals surface area contributed by atoms with Gasteiger partial charge in [0.1, 0.15) is 0 Å². The Labute approximate surface area is 216 Å². The molecular formula is C29H31ClN2O4. The zero-order chi connectivity index (χ0) is 25.7. The summed E-state index contributed by atoms with van der Waals surface area (Å²) in [5.41, 5.74) is 5.60. The fourth-order valence-electron chi connectivity index (χ4n) is 4.38. The average Bonchev–Trinajstić information content (AvgIpc) is 3.66. The Morgan fingerprint density at radius 1 is 1.06 bits per heavy atom. The topological polar surface area (TPSA) is 78.9 Å². The molecule has 3 aromatic rings. The van der Waals surface area contributed by atoms with Crippen LogP contribution in [-0.4, -0.2) is 37.2 Å². The highest BCUT2D eigenvalue weighted by atomic mass is 35.5. The lowest BCUT2D eigenvalue weighted by Gasteiger charge is -2.28. The van der Waals surface area contributed by atoms with Crippen LogP contribution in [-0.2, 0) is 27.3 Å². The molecule has 188 valence electrons. The smallest absolute Gasteiger partial charge is 0.307 e. The van der Waals surface area contributed by atoms with Crippen LogP contribution < -0.4 is 10.2 Å². The first-order valence-electron chi connectivity index (χ1n) is 12.0. The van der Waals surface area contributed by atoms with Gasteiger partial charge in [-0.15, -0.1) is 0 Å². The molecule has 1 saturated carbocycles. The van der Waals surface area contributed by atoms with Crippen LogP contribution >= 0.6 is 11.6 Å². The molecule has 2 N–H and O–H groups in total. The second-order valence-corrected chi connectivity index (χ2v) is 9.75. The van der Waals surface area contributed by atoms with Crippen LogP contribution in [0.25, 0.3) is 0 Å². The van der Waals surface area contributed by atoms with E-state index >= 15 is 0 Å². The minimum atomic E-state index is -0.779. The Hall–Kier alpha value is -3.35. The minimum Gasteiger partial charge on any atom is -0.481 e. The third-order valence-electron chi connectivity index (χ3n) is 6.51. The van der Waals surface area contributed by atoms with E-state index in [1.54, 1.807) is 7.11 Å². The summed E-state index contributed by atoms with van der Waals surface area (Å²) < 4.78 is 5.36. The number of aryl methyl sites for hydroxylation is 1. The van der Waals surface area contributed by atoms with Gasteiger partial charge >= 0.3 is 5.97 Å². The Bertz CT molecular complexity index is 1210. The average molecular weight is 507 g/mol. The third-order valence-corrected chi connectivity index (χ3v) is 6.76. The quantitative estimate of drug-likeness (QED) is 0.350. The molecular weight excluding hydrogens is 476 g/mol. The van der Waals surface area contributed by atoms with E-state index in [1.165, 1.54) is 0 Å². The van der Waals surface area contributed by atoms with Crippen molar-refractivity contribution in [1.82, 2.24) is 0 Å². The number of hydrogen-bond donors (Lipinski definition) is 2. The Balaban J connectivity index is 1.63. The molecule has 0 spiro atoms. The Morgan fingerprint density at radius 3 is 2.39 bits per heavy atom. The second-order valence-electron chi connectivity index (χ2n) is 9.31. The van der Waals surface area contributed by atoms with E-state index in [1.807, 2.05) is 73.7 Å². The predicted molar refractivity (Wildman–Crippen MR) is 143 cm³/mol. The number of methoxy groups -OCH3 is 1. The maximum atomic E-state index is 13.1. The summed E-state index contributed by atoms with van der Waals surface area (Å²) in [6, 6.07) is 21.5. The van der Waals surface area contributed by atoms with Gasteiger partial charge in [0.25, 0.3) is 0 Å². The van der Waals surface area contributed by atoms with Gasteiger partial charge in [0.15, 0.2) is 0 Å². The number of aliphatic carboxylic acids is 1. The van der Waals surface area contributed by atoms with Crippen molar-refractivity contribution in [2.45, 2.75) is 32.2 Å². The molecule has 0 radical (unpaired) electrons. The molecule has 1 fully saturated rings. The van der Waals surface area contributed by atoms with Crippen molar-refractivity contribution in [1.29, 1.82) is 0 Å². The molecule has 0 heterocycles. The number of hydrogen-bond acceptors (Lipinski definition) is 4. The van der Waals surface area contributed by atoms with E-state index in [-0.39, 0.29) is 24.2 Å². The standard InChI is InChI=1S/C29H31ClN2O4/c1-19-3-5-20(6-4-19)15-28(33)31-26-16-22(24-17-25(24)29(34)35)9-12-27(26)32(13-14-36-2)18-21-7-10-23(30)11-8-21/h3-12,16,24-25H,13-15,17-18H2,1-2H3,(H,31,33)(H,34,35)/t24-,25-/m1/s1. The van der Waals surface area contributed by atoms with Gasteiger partial charge in [-0.1, -0.05) is 59.6 Å². The summed E-state index contributed by atoms with van der Waals surface area (Å²) in [6.45, 7) is 3.73. The molecule has 0 aliphatic heterocycles. The van der Waals surface area contributed by atoms with Gasteiger partial charge in [-0.3, -0.25) is 9.59 Å². The molecule has 0 aromatic heterocycles. The zero-order valence-corrected chi connectivity index (χ0v) is 21.3. The van der Waals surface area contributed by atoms with Crippen LogP contribution in [0.4, 0.5) is 11.4 Å². The van der Waals surface area contributed by atoms with E-state index in [2.05, 4.69) is 10.2 Å². The van der Waals surface area contributed by atoms with Crippen molar-refractivity contribution in [3.05, 3.63) is 94.0 Å². The SMILES string of the molecule is COCCN(Cc1ccc(Cl)cc1)c1ccc([C@H]2C[C@H]2C(=O)O)cc1NC(=O)Cc1ccc(C)cc1. The molecule has 1 aliphatic rings. The van der Waals surface area contributed by atoms with Crippen LogP contribution in [0.3, 0.4) is 0 Å². The van der Waals surface area contributed by atoms with Gasteiger partial charge in [0, 0.05) is 25.2 Å². The lowest BCUT2D eigenvalue weighted by atomic mass is 10.0. The molecule has 0 unspecified atom stereocenters. The number of carbonyl (C=O) groups is 2. The molecule has 2 atom stereocenters. The number of anilines is 2. The Kier molecular flexibility index (Phi) is 8.28. The number of nitrogens with zero attached hydrogens (tertiary/aromatic N) is 1. The summed E-state index contributed by atoms with van der Waals surface area (Å²) >= 11 is 6.07. The molecule has 3 aromatic carbocycles. The first kappa shape index (κ1) is 25.7. The lowest BCUT2D eigenvalue weighted by Crippen LogP contribution is -2.28. The first-order valence-corrected chi connectivity index (χ1v) is 12.4. The van der Waals surface area contributed by atoms with Gasteiger partial charge in [0.05, 0.1) is 30.3 Å². The van der Waals surface area contributed by atoms with E-state index in [9.17, 15) is 14.7 Å². The number of benzene rings is 3. The highest BCUT2D eigenvalue weighted by molar-refractivity contribution is 6.30. The summed E-state index contributed by atoms with van der Waals surface area (Å²) in [7, 11) is 1.66. The Morgan fingerprint density at radius 2 is 1.75 bits per heavy atom. The molecule has 4 rings (SSSR count). The zero-order valence-electron chi connectivity index (χ0n) is 20.5. The highest BCUT2D eigenvalue weighted by Crippen LogP contribution is 2.49. The maximum absolute atomic E-state index is 13.1. The maximum Gasteiger partial charge on any atom is 0.307 e. The number of rotatable bonds is 11. The second kappa shape index (κ2) is 11.6. The first-order chi connectivity index (χ1) is 17.3. The summed E-state index contributed by atoms with van der Waals surface area (Å²) in [4.78, 5) is 26.7. The fraction of sp³-hybridized carbons (Fsp3) is 0.310. The highest BCUT2D eigenvalue weighted by Gasteiger charge is 2.44. The van der Waals surface area contributed by atoms with E-state index in [0.717, 1.165) is 27.9 Å². The lowest BCUT2D eigenvalue weighted by molar-refractivity contribution is -0.138. The van der Waals surface area contributed by atoms with Crippen molar-refractivity contribution < 1.29 is 19.4 Å². The fourth-order valence-corrected chi connectivity index (χ4v) is 4.50. The number of carboxylic acid groups (broad SMARTS) is 1. The van der Waals surface area contributed by atoms with Crippen LogP contribution in [0, 0.1) is 12.8 Å². The monoisotopic (exact) mass is 506 g/mol. The number of halogens is 1. The number of ether oxygens (including phenoxy) is 1. The summed E-state index contributed by atoms with van der Waals surface area (Å²) in [5.74, 6) is -1.31. The molecule has 36 heavy (non-hydrogen) atoms. The molecule has 1 amide bonds. The third kappa shape index (κ3) is 6.65. The molecule has 6 nitrogen and oxygen atoms in total. The predicted octanol–water partition coefficient (Wildman–Crippen LogP) is 5.67. The molecule has 1 aliphatic carbocycles. The van der Waals surface area contributed by atoms with Crippen molar-refractivity contribution in [3.8, 4) is 0 Å². The van der Waals surface area contributed by atoms with Gasteiger partial charge in [0.2, 0.25) is 5.91 Å². The van der Waals surface area contributed by atoms with Crippen molar-refractivity contribution in [2.24, 2.45) is 5.92 Å². The van der Waals surface area contributed by atoms with E-state index in [4.69, 9.17) is 16.3 Å². The number of nitrogens with one attached hydrogen (secondary N) is 1. The molecule has 0 bridgehead atoms. The van der Waals surface area contributed by atoms with Crippen molar-refractivity contribution in [2.75, 3.05) is 30.5 Å². The summed E-state index contributed by atoms with van der Waals surface area (Å²) in [6.07, 6.45) is 0.865. The van der Waals surface area contributed by atoms with E-state index in [0.29, 0.717) is 36.8 Å². The molecule has 0 saturated heterocycles. The van der Waals surface area contributed by atoms with Crippen molar-refractivity contribution >= 4 is 34.9 Å². The van der Waals surface area contributed by atoms with Crippen LogP contribution in [0.2, 0.25) is 5.02 Å². The van der Waals surface area contributed by atoms with Gasteiger partial charge in [-0.2, -0.15) is 0 Å². The normalized spacial score (nSPS) is 16.4.